The molecule has 0 aromatic heterocycles. The zero-order chi connectivity index (χ0) is 13.7. The second-order valence-electron chi connectivity index (χ2n) is 4.70. The van der Waals surface area contributed by atoms with Crippen molar-refractivity contribution in [1.82, 2.24) is 10.0 Å². The van der Waals surface area contributed by atoms with Crippen molar-refractivity contribution in [1.29, 1.82) is 0 Å². The van der Waals surface area contributed by atoms with Crippen molar-refractivity contribution >= 4 is 15.9 Å². The molecule has 104 valence electrons. The Hall–Kier alpha value is -1.40. The van der Waals surface area contributed by atoms with E-state index in [0.29, 0.717) is 6.54 Å². The maximum absolute atomic E-state index is 11.8. The third kappa shape index (κ3) is 5.00. The molecule has 5 nitrogen and oxygen atoms in total. The summed E-state index contributed by atoms with van der Waals surface area (Å²) in [5.74, 6) is 0.146. The number of sulfonamides is 1. The van der Waals surface area contributed by atoms with E-state index in [-0.39, 0.29) is 24.1 Å². The lowest BCUT2D eigenvalue weighted by Gasteiger charge is -2.07. The average Bonchev–Trinajstić information content (AvgIpc) is 3.19. The maximum atomic E-state index is 11.8. The van der Waals surface area contributed by atoms with Crippen LogP contribution in [-0.4, -0.2) is 27.4 Å². The van der Waals surface area contributed by atoms with Gasteiger partial charge >= 0.3 is 0 Å². The Balaban J connectivity index is 1.70. The quantitative estimate of drug-likeness (QED) is 0.720. The zero-order valence-electron chi connectivity index (χ0n) is 10.6. The molecule has 0 unspecified atom stereocenters. The van der Waals surface area contributed by atoms with Gasteiger partial charge in [-0.15, -0.1) is 0 Å². The first-order valence-corrected chi connectivity index (χ1v) is 8.01. The molecule has 0 bridgehead atoms. The molecule has 0 atom stereocenters. The summed E-state index contributed by atoms with van der Waals surface area (Å²) in [5, 5.41) is 2.72. The molecule has 1 aromatic carbocycles. The first kappa shape index (κ1) is 14.0. The van der Waals surface area contributed by atoms with E-state index in [9.17, 15) is 13.2 Å². The van der Waals surface area contributed by atoms with E-state index in [1.807, 2.05) is 6.07 Å². The Labute approximate surface area is 113 Å². The fraction of sp³-hybridized carbons (Fsp3) is 0.462. The topological polar surface area (TPSA) is 75.3 Å². The summed E-state index contributed by atoms with van der Waals surface area (Å²) in [6.07, 6.45) is 1.90. The Morgan fingerprint density at radius 2 is 1.84 bits per heavy atom. The van der Waals surface area contributed by atoms with Crippen LogP contribution in [0.15, 0.2) is 30.3 Å². The molecular weight excluding hydrogens is 264 g/mol. The van der Waals surface area contributed by atoms with Gasteiger partial charge in [0.25, 0.3) is 0 Å². The lowest BCUT2D eigenvalue weighted by atomic mass is 10.2. The van der Waals surface area contributed by atoms with Crippen LogP contribution in [0.5, 0.6) is 0 Å². The van der Waals surface area contributed by atoms with Crippen molar-refractivity contribution in [3.05, 3.63) is 35.9 Å². The Morgan fingerprint density at radius 3 is 2.47 bits per heavy atom. The van der Waals surface area contributed by atoms with Gasteiger partial charge in [-0.3, -0.25) is 4.79 Å². The number of rotatable bonds is 7. The molecule has 0 heterocycles. The monoisotopic (exact) mass is 282 g/mol. The first-order valence-electron chi connectivity index (χ1n) is 6.36. The summed E-state index contributed by atoms with van der Waals surface area (Å²) in [5.41, 5.74) is 0.747. The molecule has 6 heteroatoms. The SMILES string of the molecule is O=C(NCCNS(=O)(=O)Cc1ccccc1)C1CC1. The minimum atomic E-state index is -3.34. The van der Waals surface area contributed by atoms with Crippen molar-refractivity contribution in [3.8, 4) is 0 Å². The molecule has 2 rings (SSSR count). The van der Waals surface area contributed by atoms with E-state index in [0.717, 1.165) is 18.4 Å². The molecule has 1 fully saturated rings. The highest BCUT2D eigenvalue weighted by Crippen LogP contribution is 2.28. The molecule has 2 N–H and O–H groups in total. The van der Waals surface area contributed by atoms with Gasteiger partial charge < -0.3 is 5.32 Å². The summed E-state index contributed by atoms with van der Waals surface area (Å²) in [7, 11) is -3.34. The van der Waals surface area contributed by atoms with Crippen molar-refractivity contribution in [3.63, 3.8) is 0 Å². The van der Waals surface area contributed by atoms with Crippen molar-refractivity contribution < 1.29 is 13.2 Å². The number of carbonyl (C=O) groups excluding carboxylic acids is 1. The molecule has 1 aromatic rings. The third-order valence-electron chi connectivity index (χ3n) is 2.89. The van der Waals surface area contributed by atoms with Crippen LogP contribution in [0.2, 0.25) is 0 Å². The summed E-state index contributed by atoms with van der Waals surface area (Å²) >= 11 is 0. The van der Waals surface area contributed by atoms with Crippen LogP contribution in [-0.2, 0) is 20.6 Å². The van der Waals surface area contributed by atoms with E-state index in [1.54, 1.807) is 24.3 Å². The average molecular weight is 282 g/mol. The Kier molecular flexibility index (Phi) is 4.55. The number of nitrogens with one attached hydrogen (secondary N) is 2. The number of benzene rings is 1. The normalized spacial score (nSPS) is 15.2. The molecule has 0 saturated heterocycles. The van der Waals surface area contributed by atoms with Crippen LogP contribution >= 0.6 is 0 Å². The number of hydrogen-bond acceptors (Lipinski definition) is 3. The molecule has 1 amide bonds. The molecule has 19 heavy (non-hydrogen) atoms. The highest BCUT2D eigenvalue weighted by molar-refractivity contribution is 7.88. The molecule has 0 spiro atoms. The van der Waals surface area contributed by atoms with E-state index in [2.05, 4.69) is 10.0 Å². The Morgan fingerprint density at radius 1 is 1.16 bits per heavy atom. The molecule has 1 aliphatic rings. The number of carbonyl (C=O) groups is 1. The number of hydrogen-bond donors (Lipinski definition) is 2. The third-order valence-corrected chi connectivity index (χ3v) is 4.25. The highest BCUT2D eigenvalue weighted by Gasteiger charge is 2.29. The van der Waals surface area contributed by atoms with Crippen LogP contribution in [0.1, 0.15) is 18.4 Å². The van der Waals surface area contributed by atoms with E-state index in [4.69, 9.17) is 0 Å². The lowest BCUT2D eigenvalue weighted by Crippen LogP contribution is -2.35. The summed E-state index contributed by atoms with van der Waals surface area (Å²) in [6, 6.07) is 9.00. The second kappa shape index (κ2) is 6.16. The number of amides is 1. The maximum Gasteiger partial charge on any atom is 0.223 e. The van der Waals surface area contributed by atoms with Gasteiger partial charge in [0.15, 0.2) is 0 Å². The van der Waals surface area contributed by atoms with Crippen molar-refractivity contribution in [2.75, 3.05) is 13.1 Å². The summed E-state index contributed by atoms with van der Waals surface area (Å²) < 4.78 is 26.0. The van der Waals surface area contributed by atoms with Gasteiger partial charge in [0.1, 0.15) is 0 Å². The summed E-state index contributed by atoms with van der Waals surface area (Å²) in [4.78, 5) is 11.3. The highest BCUT2D eigenvalue weighted by atomic mass is 32.2. The standard InChI is InChI=1S/C13H18N2O3S/c16-13(12-6-7-12)14-8-9-15-19(17,18)10-11-4-2-1-3-5-11/h1-5,12,15H,6-10H2,(H,14,16). The largest absolute Gasteiger partial charge is 0.355 e. The smallest absolute Gasteiger partial charge is 0.223 e. The van der Waals surface area contributed by atoms with E-state index >= 15 is 0 Å². The van der Waals surface area contributed by atoms with Gasteiger partial charge in [-0.1, -0.05) is 30.3 Å². The van der Waals surface area contributed by atoms with E-state index in [1.165, 1.54) is 0 Å². The fourth-order valence-electron chi connectivity index (χ4n) is 1.73. The van der Waals surface area contributed by atoms with E-state index < -0.39 is 10.0 Å². The van der Waals surface area contributed by atoms with Crippen LogP contribution in [0.4, 0.5) is 0 Å². The van der Waals surface area contributed by atoms with Crippen LogP contribution in [0, 0.1) is 5.92 Å². The first-order chi connectivity index (χ1) is 9.07. The zero-order valence-corrected chi connectivity index (χ0v) is 11.4. The molecule has 1 aliphatic carbocycles. The minimum Gasteiger partial charge on any atom is -0.355 e. The van der Waals surface area contributed by atoms with Crippen LogP contribution in [0.3, 0.4) is 0 Å². The van der Waals surface area contributed by atoms with Crippen LogP contribution in [0.25, 0.3) is 0 Å². The van der Waals surface area contributed by atoms with Gasteiger partial charge in [-0.25, -0.2) is 13.1 Å². The lowest BCUT2D eigenvalue weighted by molar-refractivity contribution is -0.122. The van der Waals surface area contributed by atoms with Gasteiger partial charge in [0.05, 0.1) is 5.75 Å². The Bertz CT molecular complexity index is 524. The molecule has 0 radical (unpaired) electrons. The van der Waals surface area contributed by atoms with Gasteiger partial charge in [0.2, 0.25) is 15.9 Å². The molecule has 0 aliphatic heterocycles. The summed E-state index contributed by atoms with van der Waals surface area (Å²) in [6.45, 7) is 0.566. The van der Waals surface area contributed by atoms with Gasteiger partial charge in [0, 0.05) is 19.0 Å². The predicted molar refractivity (Wildman–Crippen MR) is 72.8 cm³/mol. The van der Waals surface area contributed by atoms with Crippen molar-refractivity contribution in [2.45, 2.75) is 18.6 Å². The predicted octanol–water partition coefficient (Wildman–Crippen LogP) is 0.632. The molecular formula is C13H18N2O3S. The van der Waals surface area contributed by atoms with Crippen LogP contribution < -0.4 is 10.0 Å². The van der Waals surface area contributed by atoms with Gasteiger partial charge in [-0.05, 0) is 18.4 Å². The minimum absolute atomic E-state index is 0.0299. The second-order valence-corrected chi connectivity index (χ2v) is 6.51. The molecule has 1 saturated carbocycles. The van der Waals surface area contributed by atoms with Crippen molar-refractivity contribution in [2.24, 2.45) is 5.92 Å². The van der Waals surface area contributed by atoms with Gasteiger partial charge in [-0.2, -0.15) is 0 Å². The fourth-order valence-corrected chi connectivity index (χ4v) is 2.87.